The van der Waals surface area contributed by atoms with E-state index in [4.69, 9.17) is 10.00 Å². The Balaban J connectivity index is 4.43. The summed E-state index contributed by atoms with van der Waals surface area (Å²) in [7, 11) is 1.28. The number of hydrogen-bond acceptors (Lipinski definition) is 7. The minimum absolute atomic E-state index is 0.0368. The summed E-state index contributed by atoms with van der Waals surface area (Å²) in [5.41, 5.74) is 0. The molecule has 0 aliphatic carbocycles. The molecule has 0 aromatic rings. The molecule has 0 rings (SSSR count). The summed E-state index contributed by atoms with van der Waals surface area (Å²) in [5, 5.41) is 28.4. The summed E-state index contributed by atoms with van der Waals surface area (Å²) in [4.78, 5) is 23.9. The lowest BCUT2D eigenvalue weighted by molar-refractivity contribution is -0.134. The van der Waals surface area contributed by atoms with Gasteiger partial charge in [0.25, 0.3) is 0 Å². The number of aliphatic hydroxyl groups is 2. The van der Waals surface area contributed by atoms with Gasteiger partial charge in [-0.1, -0.05) is 18.7 Å². The van der Waals surface area contributed by atoms with Gasteiger partial charge in [-0.05, 0) is 19.3 Å². The number of carbonyl (C=O) groups is 2. The number of aliphatic hydroxyl groups excluding tert-OH is 2. The van der Waals surface area contributed by atoms with Crippen LogP contribution in [0.3, 0.4) is 0 Å². The molecule has 1 amide bonds. The molecule has 0 aromatic carbocycles. The molecular weight excluding hydrogens is 328 g/mol. The van der Waals surface area contributed by atoms with Crippen LogP contribution in [0.25, 0.3) is 0 Å². The Morgan fingerprint density at radius 1 is 1.40 bits per heavy atom. The van der Waals surface area contributed by atoms with Crippen LogP contribution in [0.1, 0.15) is 19.3 Å². The number of nitrogens with zero attached hydrogens (tertiary/aromatic N) is 2. The third-order valence-electron chi connectivity index (χ3n) is 3.48. The van der Waals surface area contributed by atoms with Crippen molar-refractivity contribution in [3.8, 4) is 6.07 Å². The molecule has 0 saturated heterocycles. The number of carbonyl (C=O) groups excluding carboxylic acids is 2. The van der Waals surface area contributed by atoms with Crippen LogP contribution in [0, 0.1) is 17.2 Å². The maximum Gasteiger partial charge on any atom is 0.410 e. The molecule has 2 atom stereocenters. The first-order valence-electron chi connectivity index (χ1n) is 7.93. The van der Waals surface area contributed by atoms with Crippen LogP contribution < -0.4 is 0 Å². The number of hydrogen-bond donors (Lipinski definition) is 2. The van der Waals surface area contributed by atoms with E-state index in [1.54, 1.807) is 6.08 Å². The molecule has 0 aromatic heterocycles. The molecule has 8 nitrogen and oxygen atoms in total. The van der Waals surface area contributed by atoms with E-state index in [-0.39, 0.29) is 32.7 Å². The maximum atomic E-state index is 11.8. The lowest BCUT2D eigenvalue weighted by atomic mass is 9.95. The van der Waals surface area contributed by atoms with Crippen molar-refractivity contribution in [1.82, 2.24) is 4.90 Å². The first-order chi connectivity index (χ1) is 12.0. The molecule has 8 heteroatoms. The zero-order chi connectivity index (χ0) is 19.1. The topological polar surface area (TPSA) is 120 Å². The van der Waals surface area contributed by atoms with Crippen LogP contribution in [-0.2, 0) is 14.3 Å². The van der Waals surface area contributed by atoms with Gasteiger partial charge in [-0.25, -0.2) is 9.59 Å². The first-order valence-corrected chi connectivity index (χ1v) is 7.93. The Morgan fingerprint density at radius 2 is 2.12 bits per heavy atom. The van der Waals surface area contributed by atoms with Crippen molar-refractivity contribution in [3.63, 3.8) is 0 Å². The van der Waals surface area contributed by atoms with Crippen molar-refractivity contribution >= 4 is 12.1 Å². The normalized spacial score (nSPS) is 12.9. The smallest absolute Gasteiger partial charge is 0.410 e. The van der Waals surface area contributed by atoms with Crippen LogP contribution >= 0.6 is 0 Å². The van der Waals surface area contributed by atoms with Gasteiger partial charge in [-0.2, -0.15) is 5.26 Å². The van der Waals surface area contributed by atoms with Crippen molar-refractivity contribution in [2.45, 2.75) is 25.4 Å². The number of ether oxygens (including phenoxy) is 2. The third-order valence-corrected chi connectivity index (χ3v) is 3.48. The number of amides is 1. The Morgan fingerprint density at radius 3 is 2.68 bits per heavy atom. The molecular formula is C17H26N2O6. The molecule has 0 fully saturated rings. The van der Waals surface area contributed by atoms with Crippen molar-refractivity contribution in [2.24, 2.45) is 5.92 Å². The zero-order valence-corrected chi connectivity index (χ0v) is 14.5. The Hall–Kier alpha value is -2.37. The minimum atomic E-state index is -0.857. The molecule has 140 valence electrons. The van der Waals surface area contributed by atoms with E-state index < -0.39 is 24.1 Å². The van der Waals surface area contributed by atoms with Crippen LogP contribution in [-0.4, -0.2) is 66.7 Å². The highest BCUT2D eigenvalue weighted by molar-refractivity contribution is 5.81. The number of allylic oxidation sites excluding steroid dienone is 1. The van der Waals surface area contributed by atoms with E-state index in [1.807, 2.05) is 6.07 Å². The molecule has 0 bridgehead atoms. The molecule has 0 unspecified atom stereocenters. The minimum Gasteiger partial charge on any atom is -0.466 e. The molecule has 0 saturated carbocycles. The molecule has 2 N–H and O–H groups in total. The van der Waals surface area contributed by atoms with E-state index >= 15 is 0 Å². The summed E-state index contributed by atoms with van der Waals surface area (Å²) < 4.78 is 9.33. The average Bonchev–Trinajstić information content (AvgIpc) is 2.62. The largest absolute Gasteiger partial charge is 0.466 e. The van der Waals surface area contributed by atoms with E-state index in [2.05, 4.69) is 11.3 Å². The fourth-order valence-electron chi connectivity index (χ4n) is 2.03. The van der Waals surface area contributed by atoms with E-state index in [0.717, 1.165) is 0 Å². The Bertz CT molecular complexity index is 486. The SMILES string of the molecule is C=CCOC(=O)N(CC#N)CC[C@@H](O)[C@H](CO)CC/C=C/C(=O)OC. The monoisotopic (exact) mass is 354 g/mol. The summed E-state index contributed by atoms with van der Waals surface area (Å²) in [6.07, 6.45) is 3.93. The second-order valence-electron chi connectivity index (χ2n) is 5.25. The van der Waals surface area contributed by atoms with Gasteiger partial charge in [0, 0.05) is 25.1 Å². The molecule has 0 spiro atoms. The average molecular weight is 354 g/mol. The Kier molecular flexibility index (Phi) is 12.7. The van der Waals surface area contributed by atoms with Crippen molar-refractivity contribution in [3.05, 3.63) is 24.8 Å². The summed E-state index contributed by atoms with van der Waals surface area (Å²) in [6, 6.07) is 1.87. The second kappa shape index (κ2) is 14.0. The number of rotatable bonds is 12. The predicted molar refractivity (Wildman–Crippen MR) is 90.3 cm³/mol. The second-order valence-corrected chi connectivity index (χ2v) is 5.25. The van der Waals surface area contributed by atoms with E-state index in [9.17, 15) is 19.8 Å². The van der Waals surface area contributed by atoms with E-state index in [0.29, 0.717) is 12.8 Å². The van der Waals surface area contributed by atoms with Crippen LogP contribution in [0.2, 0.25) is 0 Å². The van der Waals surface area contributed by atoms with Crippen molar-refractivity contribution in [2.75, 3.05) is 33.4 Å². The molecule has 0 radical (unpaired) electrons. The quantitative estimate of drug-likeness (QED) is 0.232. The number of nitriles is 1. The van der Waals surface area contributed by atoms with Crippen molar-refractivity contribution < 1.29 is 29.3 Å². The molecule has 0 aliphatic rings. The van der Waals surface area contributed by atoms with Gasteiger partial charge in [-0.3, -0.25) is 4.90 Å². The van der Waals surface area contributed by atoms with Crippen LogP contribution in [0.4, 0.5) is 4.79 Å². The van der Waals surface area contributed by atoms with Gasteiger partial charge < -0.3 is 19.7 Å². The highest BCUT2D eigenvalue weighted by atomic mass is 16.6. The maximum absolute atomic E-state index is 11.8. The van der Waals surface area contributed by atoms with Gasteiger partial charge in [-0.15, -0.1) is 0 Å². The van der Waals surface area contributed by atoms with Crippen molar-refractivity contribution in [1.29, 1.82) is 5.26 Å². The highest BCUT2D eigenvalue weighted by Crippen LogP contribution is 2.15. The fourth-order valence-corrected chi connectivity index (χ4v) is 2.03. The van der Waals surface area contributed by atoms with Crippen LogP contribution in [0.15, 0.2) is 24.8 Å². The highest BCUT2D eigenvalue weighted by Gasteiger charge is 2.21. The van der Waals surface area contributed by atoms with E-state index in [1.165, 1.54) is 24.2 Å². The van der Waals surface area contributed by atoms with Crippen LogP contribution in [0.5, 0.6) is 0 Å². The summed E-state index contributed by atoms with van der Waals surface area (Å²) in [5.74, 6) is -0.873. The lowest BCUT2D eigenvalue weighted by Crippen LogP contribution is -2.36. The van der Waals surface area contributed by atoms with Gasteiger partial charge in [0.2, 0.25) is 0 Å². The number of esters is 1. The van der Waals surface area contributed by atoms with Gasteiger partial charge in [0.15, 0.2) is 0 Å². The summed E-state index contributed by atoms with van der Waals surface area (Å²) in [6.45, 7) is 3.21. The molecule has 25 heavy (non-hydrogen) atoms. The van der Waals surface area contributed by atoms with Gasteiger partial charge in [0.1, 0.15) is 13.2 Å². The molecule has 0 aliphatic heterocycles. The fraction of sp³-hybridized carbons (Fsp3) is 0.588. The standard InChI is InChI=1S/C17H26N2O6/c1-3-12-25-17(23)19(11-9-18)10-8-15(21)14(13-20)6-4-5-7-16(22)24-2/h3,5,7,14-15,20-21H,1,4,6,8,10-13H2,2H3/b7-5+/t14-,15+/m0/s1. The molecule has 0 heterocycles. The first kappa shape index (κ1) is 22.6. The van der Waals surface area contributed by atoms with Gasteiger partial charge in [0.05, 0.1) is 19.3 Å². The zero-order valence-electron chi connectivity index (χ0n) is 14.5. The summed E-state index contributed by atoms with van der Waals surface area (Å²) >= 11 is 0. The third kappa shape index (κ3) is 10.2. The lowest BCUT2D eigenvalue weighted by Gasteiger charge is -2.24. The number of methoxy groups -OCH3 is 1. The van der Waals surface area contributed by atoms with Gasteiger partial charge >= 0.3 is 12.1 Å². The predicted octanol–water partition coefficient (Wildman–Crippen LogP) is 1.00. The Labute approximate surface area is 147 Å².